The van der Waals surface area contributed by atoms with E-state index in [-0.39, 0.29) is 5.57 Å². The molecule has 1 amide bonds. The van der Waals surface area contributed by atoms with Gasteiger partial charge in [-0.25, -0.2) is 0 Å². The molecule has 0 aliphatic rings. The smallest absolute Gasteiger partial charge is 0.266 e. The molecule has 4 nitrogen and oxygen atoms in total. The zero-order valence-corrected chi connectivity index (χ0v) is 19.3. The maximum absolute atomic E-state index is 12.7. The minimum atomic E-state index is -0.504. The summed E-state index contributed by atoms with van der Waals surface area (Å²) in [6.07, 6.45) is 2.15. The van der Waals surface area contributed by atoms with Crippen LogP contribution in [0.2, 0.25) is 10.0 Å². The van der Waals surface area contributed by atoms with Crippen LogP contribution in [0.25, 0.3) is 6.08 Å². The molecule has 0 atom stereocenters. The van der Waals surface area contributed by atoms with Gasteiger partial charge in [-0.3, -0.25) is 4.79 Å². The molecule has 0 bridgehead atoms. The standard InChI is InChI=1S/C26H22Cl2N2O2/c1-3-32-25-14-18(11-12-20(25)15-19-7-4-5-8-23(19)28)13-21(16-29)26(31)30-24-10-6-9-22(27)17(24)2/h4-14H,3,15H2,1-2H3,(H,30,31)/b21-13+. The van der Waals surface area contributed by atoms with E-state index >= 15 is 0 Å². The lowest BCUT2D eigenvalue weighted by atomic mass is 10.0. The minimum Gasteiger partial charge on any atom is -0.494 e. The molecular formula is C26H22Cl2N2O2. The number of ether oxygens (including phenoxy) is 1. The van der Waals surface area contributed by atoms with Crippen molar-refractivity contribution in [1.82, 2.24) is 0 Å². The maximum Gasteiger partial charge on any atom is 0.266 e. The Morgan fingerprint density at radius 1 is 1.06 bits per heavy atom. The molecule has 0 aromatic heterocycles. The fraction of sp³-hybridized carbons (Fsp3) is 0.154. The first kappa shape index (κ1) is 23.4. The Kier molecular flexibility index (Phi) is 7.94. The molecule has 6 heteroatoms. The van der Waals surface area contributed by atoms with Gasteiger partial charge >= 0.3 is 0 Å². The lowest BCUT2D eigenvalue weighted by molar-refractivity contribution is -0.112. The van der Waals surface area contributed by atoms with Gasteiger partial charge in [-0.05, 0) is 66.4 Å². The van der Waals surface area contributed by atoms with Gasteiger partial charge < -0.3 is 10.1 Å². The van der Waals surface area contributed by atoms with E-state index in [1.54, 1.807) is 25.1 Å². The Morgan fingerprint density at radius 3 is 2.53 bits per heavy atom. The molecule has 0 radical (unpaired) electrons. The van der Waals surface area contributed by atoms with E-state index < -0.39 is 5.91 Å². The van der Waals surface area contributed by atoms with Gasteiger partial charge in [0.25, 0.3) is 5.91 Å². The molecule has 3 aromatic carbocycles. The summed E-state index contributed by atoms with van der Waals surface area (Å²) < 4.78 is 5.82. The number of halogens is 2. The summed E-state index contributed by atoms with van der Waals surface area (Å²) in [4.78, 5) is 12.7. The number of nitrogens with zero attached hydrogens (tertiary/aromatic N) is 1. The van der Waals surface area contributed by atoms with Crippen molar-refractivity contribution in [3.8, 4) is 11.8 Å². The second-order valence-electron chi connectivity index (χ2n) is 7.10. The molecule has 32 heavy (non-hydrogen) atoms. The number of carbonyl (C=O) groups excluding carboxylic acids is 1. The fourth-order valence-electron chi connectivity index (χ4n) is 3.19. The second kappa shape index (κ2) is 10.9. The van der Waals surface area contributed by atoms with Gasteiger partial charge in [-0.15, -0.1) is 0 Å². The summed E-state index contributed by atoms with van der Waals surface area (Å²) in [6, 6.07) is 20.5. The van der Waals surface area contributed by atoms with Gasteiger partial charge in [0, 0.05) is 22.2 Å². The Bertz CT molecular complexity index is 1210. The molecule has 0 spiro atoms. The zero-order valence-electron chi connectivity index (χ0n) is 17.8. The number of nitrogens with one attached hydrogen (secondary N) is 1. The van der Waals surface area contributed by atoms with Crippen molar-refractivity contribution in [1.29, 1.82) is 5.26 Å². The molecule has 0 unspecified atom stereocenters. The van der Waals surface area contributed by atoms with E-state index in [0.717, 1.165) is 16.7 Å². The number of amides is 1. The van der Waals surface area contributed by atoms with Crippen molar-refractivity contribution >= 4 is 40.9 Å². The molecular weight excluding hydrogens is 443 g/mol. The summed E-state index contributed by atoms with van der Waals surface area (Å²) in [5.41, 5.74) is 3.93. The van der Waals surface area contributed by atoms with E-state index in [2.05, 4.69) is 5.32 Å². The highest BCUT2D eigenvalue weighted by Gasteiger charge is 2.13. The molecule has 0 aliphatic heterocycles. The van der Waals surface area contributed by atoms with E-state index in [1.807, 2.05) is 55.5 Å². The third-order valence-electron chi connectivity index (χ3n) is 4.92. The molecule has 0 heterocycles. The quantitative estimate of drug-likeness (QED) is 0.307. The van der Waals surface area contributed by atoms with E-state index in [0.29, 0.717) is 40.1 Å². The van der Waals surface area contributed by atoms with Gasteiger partial charge in [0.2, 0.25) is 0 Å². The lowest BCUT2D eigenvalue weighted by Gasteiger charge is -2.13. The van der Waals surface area contributed by atoms with Crippen LogP contribution in [0.3, 0.4) is 0 Å². The molecule has 3 aromatic rings. The van der Waals surface area contributed by atoms with Crippen LogP contribution in [-0.2, 0) is 11.2 Å². The van der Waals surface area contributed by atoms with Crippen LogP contribution in [-0.4, -0.2) is 12.5 Å². The van der Waals surface area contributed by atoms with Crippen LogP contribution in [0.15, 0.2) is 66.2 Å². The minimum absolute atomic E-state index is 0.0225. The van der Waals surface area contributed by atoms with Crippen LogP contribution in [0.5, 0.6) is 5.75 Å². The monoisotopic (exact) mass is 464 g/mol. The Labute approximate surface area is 198 Å². The number of carbonyl (C=O) groups is 1. The van der Waals surface area contributed by atoms with Gasteiger partial charge in [0.05, 0.1) is 6.61 Å². The van der Waals surface area contributed by atoms with Crippen LogP contribution in [0.4, 0.5) is 5.69 Å². The molecule has 0 fully saturated rings. The number of anilines is 1. The largest absolute Gasteiger partial charge is 0.494 e. The summed E-state index contributed by atoms with van der Waals surface area (Å²) in [7, 11) is 0. The van der Waals surface area contributed by atoms with Crippen molar-refractivity contribution in [2.75, 3.05) is 11.9 Å². The first-order chi connectivity index (χ1) is 15.4. The van der Waals surface area contributed by atoms with Crippen molar-refractivity contribution in [2.45, 2.75) is 20.3 Å². The summed E-state index contributed by atoms with van der Waals surface area (Å²) in [5, 5.41) is 13.5. The maximum atomic E-state index is 12.7. The highest BCUT2D eigenvalue weighted by molar-refractivity contribution is 6.32. The molecule has 1 N–H and O–H groups in total. The zero-order chi connectivity index (χ0) is 23.1. The number of hydrogen-bond donors (Lipinski definition) is 1. The van der Waals surface area contributed by atoms with Gasteiger partial charge in [-0.1, -0.05) is 59.6 Å². The van der Waals surface area contributed by atoms with E-state index in [4.69, 9.17) is 27.9 Å². The van der Waals surface area contributed by atoms with Gasteiger partial charge in [0.1, 0.15) is 17.4 Å². The number of rotatable bonds is 7. The Hall–Kier alpha value is -3.26. The fourth-order valence-corrected chi connectivity index (χ4v) is 3.57. The Morgan fingerprint density at radius 2 is 1.81 bits per heavy atom. The molecule has 162 valence electrons. The highest BCUT2D eigenvalue weighted by atomic mass is 35.5. The van der Waals surface area contributed by atoms with E-state index in [1.165, 1.54) is 6.08 Å². The SMILES string of the molecule is CCOc1cc(/C=C(\C#N)C(=O)Nc2cccc(Cl)c2C)ccc1Cc1ccccc1Cl. The van der Waals surface area contributed by atoms with Crippen molar-refractivity contribution in [2.24, 2.45) is 0 Å². The predicted molar refractivity (Wildman–Crippen MR) is 130 cm³/mol. The first-order valence-corrected chi connectivity index (χ1v) is 10.9. The topological polar surface area (TPSA) is 62.1 Å². The average molecular weight is 465 g/mol. The van der Waals surface area contributed by atoms with E-state index in [9.17, 15) is 10.1 Å². The summed E-state index contributed by atoms with van der Waals surface area (Å²) in [6.45, 7) is 4.20. The van der Waals surface area contributed by atoms with Crippen molar-refractivity contribution in [3.05, 3.63) is 98.5 Å². The summed E-state index contributed by atoms with van der Waals surface area (Å²) in [5.74, 6) is 0.181. The van der Waals surface area contributed by atoms with Gasteiger partial charge in [0.15, 0.2) is 0 Å². The third kappa shape index (κ3) is 5.70. The number of hydrogen-bond acceptors (Lipinski definition) is 3. The number of benzene rings is 3. The molecule has 0 saturated heterocycles. The predicted octanol–water partition coefficient (Wildman–Crippen LogP) is 6.84. The lowest BCUT2D eigenvalue weighted by Crippen LogP contribution is -2.14. The van der Waals surface area contributed by atoms with Crippen LogP contribution in [0.1, 0.15) is 29.2 Å². The third-order valence-corrected chi connectivity index (χ3v) is 5.70. The van der Waals surface area contributed by atoms with Gasteiger partial charge in [-0.2, -0.15) is 5.26 Å². The average Bonchev–Trinajstić information content (AvgIpc) is 2.78. The second-order valence-corrected chi connectivity index (χ2v) is 7.92. The number of nitriles is 1. The van der Waals surface area contributed by atoms with Crippen molar-refractivity contribution in [3.63, 3.8) is 0 Å². The molecule has 0 saturated carbocycles. The Balaban J connectivity index is 1.87. The van der Waals surface area contributed by atoms with Crippen molar-refractivity contribution < 1.29 is 9.53 Å². The molecule has 0 aliphatic carbocycles. The molecule has 3 rings (SSSR count). The van der Waals surface area contributed by atoms with Crippen LogP contribution in [0, 0.1) is 18.3 Å². The highest BCUT2D eigenvalue weighted by Crippen LogP contribution is 2.28. The normalized spacial score (nSPS) is 11.0. The summed E-state index contributed by atoms with van der Waals surface area (Å²) >= 11 is 12.4. The van der Waals surface area contributed by atoms with Crippen LogP contribution < -0.4 is 10.1 Å². The first-order valence-electron chi connectivity index (χ1n) is 10.1. The van der Waals surface area contributed by atoms with Crippen LogP contribution >= 0.6 is 23.2 Å².